The molecule has 6 nitrogen and oxygen atoms in total. The van der Waals surface area contributed by atoms with E-state index in [-0.39, 0.29) is 18.5 Å². The van der Waals surface area contributed by atoms with E-state index in [1.165, 1.54) is 0 Å². The minimum atomic E-state index is -0.739. The summed E-state index contributed by atoms with van der Waals surface area (Å²) < 4.78 is 0. The Kier molecular flexibility index (Phi) is 2.47. The number of H-pyrrole nitrogens is 1. The van der Waals surface area contributed by atoms with E-state index in [1.54, 1.807) is 19.2 Å². The number of aryl methyl sites for hydroxylation is 1. The van der Waals surface area contributed by atoms with Gasteiger partial charge < -0.3 is 9.82 Å². The van der Waals surface area contributed by atoms with Crippen LogP contribution in [-0.2, 0) is 14.4 Å². The van der Waals surface area contributed by atoms with Gasteiger partial charge in [0.1, 0.15) is 5.69 Å². The molecule has 1 N–H and O–H groups in total. The van der Waals surface area contributed by atoms with Crippen molar-refractivity contribution in [1.29, 1.82) is 0 Å². The van der Waals surface area contributed by atoms with Crippen molar-refractivity contribution in [3.63, 3.8) is 0 Å². The Morgan fingerprint density at radius 1 is 1.38 bits per heavy atom. The van der Waals surface area contributed by atoms with Crippen LogP contribution in [0.25, 0.3) is 0 Å². The number of aromatic amines is 1. The van der Waals surface area contributed by atoms with Gasteiger partial charge in [-0.3, -0.25) is 9.59 Å². The number of aromatic nitrogens is 1. The van der Waals surface area contributed by atoms with Gasteiger partial charge in [0.05, 0.1) is 0 Å². The molecular formula is C10H10N2O4. The molecule has 6 heteroatoms. The van der Waals surface area contributed by atoms with Gasteiger partial charge in [0.2, 0.25) is 0 Å². The van der Waals surface area contributed by atoms with Gasteiger partial charge in [0.15, 0.2) is 0 Å². The molecule has 16 heavy (non-hydrogen) atoms. The quantitative estimate of drug-likeness (QED) is 0.741. The zero-order chi connectivity index (χ0) is 11.7. The number of nitrogens with zero attached hydrogens (tertiary/aromatic N) is 1. The highest BCUT2D eigenvalue weighted by Crippen LogP contribution is 2.14. The van der Waals surface area contributed by atoms with Crippen LogP contribution in [0.5, 0.6) is 0 Å². The predicted molar refractivity (Wildman–Crippen MR) is 52.0 cm³/mol. The monoisotopic (exact) mass is 222 g/mol. The van der Waals surface area contributed by atoms with Gasteiger partial charge in [-0.05, 0) is 18.6 Å². The molecule has 1 aliphatic heterocycles. The van der Waals surface area contributed by atoms with E-state index in [1.807, 2.05) is 0 Å². The fourth-order valence-corrected chi connectivity index (χ4v) is 1.41. The lowest BCUT2D eigenvalue weighted by Crippen LogP contribution is -2.32. The SMILES string of the molecule is Cc1c[nH]c(C(=O)ON2C(=O)CCC2=O)c1. The third-order valence-corrected chi connectivity index (χ3v) is 2.23. The largest absolute Gasteiger partial charge is 0.379 e. The Morgan fingerprint density at radius 3 is 2.50 bits per heavy atom. The summed E-state index contributed by atoms with van der Waals surface area (Å²) in [4.78, 5) is 41.2. The zero-order valence-corrected chi connectivity index (χ0v) is 8.65. The van der Waals surface area contributed by atoms with Crippen LogP contribution in [0.15, 0.2) is 12.3 Å². The highest BCUT2D eigenvalue weighted by Gasteiger charge is 2.33. The fraction of sp³-hybridized carbons (Fsp3) is 0.300. The molecule has 0 unspecified atom stereocenters. The highest BCUT2D eigenvalue weighted by molar-refractivity contribution is 6.02. The molecule has 0 saturated carbocycles. The summed E-state index contributed by atoms with van der Waals surface area (Å²) >= 11 is 0. The first-order chi connectivity index (χ1) is 7.58. The summed E-state index contributed by atoms with van der Waals surface area (Å²) in [6.07, 6.45) is 1.82. The first kappa shape index (κ1) is 10.4. The molecule has 1 aromatic heterocycles. The lowest BCUT2D eigenvalue weighted by molar-refractivity contribution is -0.172. The van der Waals surface area contributed by atoms with Gasteiger partial charge in [-0.15, -0.1) is 5.06 Å². The molecule has 2 rings (SSSR count). The number of nitrogens with one attached hydrogen (secondary N) is 1. The van der Waals surface area contributed by atoms with Crippen LogP contribution in [0.2, 0.25) is 0 Å². The van der Waals surface area contributed by atoms with Crippen LogP contribution in [0.3, 0.4) is 0 Å². The van der Waals surface area contributed by atoms with Crippen molar-refractivity contribution in [3.05, 3.63) is 23.5 Å². The van der Waals surface area contributed by atoms with Crippen molar-refractivity contribution in [2.75, 3.05) is 0 Å². The zero-order valence-electron chi connectivity index (χ0n) is 8.65. The summed E-state index contributed by atoms with van der Waals surface area (Å²) in [5, 5.41) is 0.526. The Balaban J connectivity index is 2.08. The molecule has 0 radical (unpaired) electrons. The maximum Gasteiger partial charge on any atom is 0.379 e. The third kappa shape index (κ3) is 1.81. The number of amides is 2. The van der Waals surface area contributed by atoms with Gasteiger partial charge in [-0.1, -0.05) is 0 Å². The van der Waals surface area contributed by atoms with Gasteiger partial charge in [-0.2, -0.15) is 0 Å². The van der Waals surface area contributed by atoms with E-state index in [4.69, 9.17) is 4.84 Å². The average molecular weight is 222 g/mol. The third-order valence-electron chi connectivity index (χ3n) is 2.23. The van der Waals surface area contributed by atoms with Gasteiger partial charge in [-0.25, -0.2) is 4.79 Å². The number of rotatable bonds is 2. The van der Waals surface area contributed by atoms with Crippen molar-refractivity contribution >= 4 is 17.8 Å². The Morgan fingerprint density at radius 2 is 2.00 bits per heavy atom. The molecule has 0 atom stereocenters. The van der Waals surface area contributed by atoms with Crippen LogP contribution in [0, 0.1) is 6.92 Å². The second-order valence-electron chi connectivity index (χ2n) is 3.55. The normalized spacial score (nSPS) is 15.7. The van der Waals surface area contributed by atoms with Crippen LogP contribution in [0.1, 0.15) is 28.9 Å². The van der Waals surface area contributed by atoms with E-state index in [0.29, 0.717) is 5.06 Å². The Hall–Kier alpha value is -2.11. The fourth-order valence-electron chi connectivity index (χ4n) is 1.41. The standard InChI is InChI=1S/C10H10N2O4/c1-6-4-7(11-5-6)10(15)16-12-8(13)2-3-9(12)14/h4-5,11H,2-3H2,1H3. The molecule has 0 aliphatic carbocycles. The van der Waals surface area contributed by atoms with Crippen molar-refractivity contribution in [3.8, 4) is 0 Å². The topological polar surface area (TPSA) is 79.5 Å². The van der Waals surface area contributed by atoms with Crippen LogP contribution >= 0.6 is 0 Å². The van der Waals surface area contributed by atoms with Crippen LogP contribution < -0.4 is 0 Å². The lowest BCUT2D eigenvalue weighted by atomic mass is 10.3. The summed E-state index contributed by atoms with van der Waals surface area (Å²) in [6.45, 7) is 1.80. The van der Waals surface area contributed by atoms with Crippen molar-refractivity contribution < 1.29 is 19.2 Å². The number of carbonyl (C=O) groups excluding carboxylic acids is 3. The lowest BCUT2D eigenvalue weighted by Gasteiger charge is -2.11. The van der Waals surface area contributed by atoms with Gasteiger partial charge >= 0.3 is 5.97 Å². The summed E-state index contributed by atoms with van der Waals surface area (Å²) in [5.74, 6) is -1.71. The Bertz CT molecular complexity index is 447. The minimum absolute atomic E-state index is 0.0931. The molecule has 1 aliphatic rings. The minimum Gasteiger partial charge on any atom is -0.355 e. The predicted octanol–water partition coefficient (Wildman–Crippen LogP) is 0.544. The van der Waals surface area contributed by atoms with Crippen molar-refractivity contribution in [1.82, 2.24) is 10.0 Å². The Labute approximate surface area is 91.1 Å². The first-order valence-electron chi connectivity index (χ1n) is 4.81. The summed E-state index contributed by atoms with van der Waals surface area (Å²) in [5.41, 5.74) is 1.08. The van der Waals surface area contributed by atoms with Crippen molar-refractivity contribution in [2.24, 2.45) is 0 Å². The molecule has 2 heterocycles. The number of carbonyl (C=O) groups is 3. The molecule has 2 amide bonds. The van der Waals surface area contributed by atoms with Crippen LogP contribution in [0.4, 0.5) is 0 Å². The van der Waals surface area contributed by atoms with Crippen LogP contribution in [-0.4, -0.2) is 27.8 Å². The molecule has 0 aromatic carbocycles. The molecule has 84 valence electrons. The van der Waals surface area contributed by atoms with E-state index in [9.17, 15) is 14.4 Å². The maximum atomic E-state index is 11.5. The van der Waals surface area contributed by atoms with Gasteiger partial charge in [0.25, 0.3) is 11.8 Å². The number of hydroxylamine groups is 2. The van der Waals surface area contributed by atoms with Gasteiger partial charge in [0, 0.05) is 19.0 Å². The smallest absolute Gasteiger partial charge is 0.355 e. The number of hydrogen-bond acceptors (Lipinski definition) is 4. The molecule has 1 aromatic rings. The molecular weight excluding hydrogens is 212 g/mol. The van der Waals surface area contributed by atoms with E-state index in [2.05, 4.69) is 4.98 Å². The molecule has 1 saturated heterocycles. The molecule has 1 fully saturated rings. The first-order valence-corrected chi connectivity index (χ1v) is 4.81. The highest BCUT2D eigenvalue weighted by atomic mass is 16.7. The van der Waals surface area contributed by atoms with E-state index < -0.39 is 17.8 Å². The number of hydrogen-bond donors (Lipinski definition) is 1. The maximum absolute atomic E-state index is 11.5. The van der Waals surface area contributed by atoms with Crippen molar-refractivity contribution in [2.45, 2.75) is 19.8 Å². The summed E-state index contributed by atoms with van der Waals surface area (Å²) in [6, 6.07) is 1.58. The second kappa shape index (κ2) is 3.80. The molecule has 0 spiro atoms. The second-order valence-corrected chi connectivity index (χ2v) is 3.55. The van der Waals surface area contributed by atoms with E-state index in [0.717, 1.165) is 5.56 Å². The van der Waals surface area contributed by atoms with E-state index >= 15 is 0 Å². The number of imide groups is 1. The average Bonchev–Trinajstić information content (AvgIpc) is 2.79. The molecule has 0 bridgehead atoms. The summed E-state index contributed by atoms with van der Waals surface area (Å²) in [7, 11) is 0.